The first kappa shape index (κ1) is 15.7. The molecule has 0 saturated heterocycles. The van der Waals surface area contributed by atoms with Crippen molar-refractivity contribution in [3.63, 3.8) is 0 Å². The average Bonchev–Trinajstić information content (AvgIpc) is 2.87. The third-order valence-corrected chi connectivity index (χ3v) is 3.59. The molecule has 0 bridgehead atoms. The van der Waals surface area contributed by atoms with E-state index in [4.69, 9.17) is 10.3 Å². The number of nitrogens with two attached hydrogens (primary N) is 1. The van der Waals surface area contributed by atoms with Crippen LogP contribution in [0.1, 0.15) is 43.1 Å². The molecule has 1 heterocycles. The number of aromatic nitrogens is 2. The maximum absolute atomic E-state index is 5.82. The van der Waals surface area contributed by atoms with E-state index in [1.54, 1.807) is 0 Å². The van der Waals surface area contributed by atoms with Gasteiger partial charge in [0.25, 0.3) is 0 Å². The number of hydrogen-bond donors (Lipinski definition) is 1. The highest BCUT2D eigenvalue weighted by Gasteiger charge is 2.15. The summed E-state index contributed by atoms with van der Waals surface area (Å²) >= 11 is 0. The minimum Gasteiger partial charge on any atom is -0.339 e. The van der Waals surface area contributed by atoms with Crippen LogP contribution in [-0.4, -0.2) is 16.7 Å². The van der Waals surface area contributed by atoms with Crippen LogP contribution < -0.4 is 5.73 Å². The fourth-order valence-corrected chi connectivity index (χ4v) is 2.51. The summed E-state index contributed by atoms with van der Waals surface area (Å²) in [4.78, 5) is 4.49. The van der Waals surface area contributed by atoms with Gasteiger partial charge in [0.2, 0.25) is 5.89 Å². The monoisotopic (exact) mass is 287 g/mol. The second kappa shape index (κ2) is 7.36. The molecule has 21 heavy (non-hydrogen) atoms. The number of hydrogen-bond acceptors (Lipinski definition) is 4. The van der Waals surface area contributed by atoms with Crippen LogP contribution in [0.2, 0.25) is 0 Å². The lowest BCUT2D eigenvalue weighted by molar-refractivity contribution is 0.329. The van der Waals surface area contributed by atoms with Gasteiger partial charge in [0.1, 0.15) is 0 Å². The summed E-state index contributed by atoms with van der Waals surface area (Å²) in [5.74, 6) is 2.49. The number of aryl methyl sites for hydroxylation is 1. The fraction of sp³-hybridized carbons (Fsp3) is 0.529. The van der Waals surface area contributed by atoms with Gasteiger partial charge >= 0.3 is 0 Å². The van der Waals surface area contributed by atoms with E-state index in [0.717, 1.165) is 18.7 Å². The predicted octanol–water partition coefficient (Wildman–Crippen LogP) is 3.13. The second-order valence-electron chi connectivity index (χ2n) is 6.20. The number of rotatable bonds is 7. The Hall–Kier alpha value is -1.68. The summed E-state index contributed by atoms with van der Waals surface area (Å²) in [6.07, 6.45) is 2.57. The van der Waals surface area contributed by atoms with E-state index in [0.29, 0.717) is 30.7 Å². The molecular weight excluding hydrogens is 262 g/mol. The Balaban J connectivity index is 1.95. The molecule has 4 heteroatoms. The van der Waals surface area contributed by atoms with Gasteiger partial charge in [-0.2, -0.15) is 4.98 Å². The third kappa shape index (κ3) is 4.97. The van der Waals surface area contributed by atoms with E-state index in [2.05, 4.69) is 55.2 Å². The maximum atomic E-state index is 5.82. The van der Waals surface area contributed by atoms with Crippen LogP contribution in [0.25, 0.3) is 0 Å². The first-order chi connectivity index (χ1) is 10.1. The van der Waals surface area contributed by atoms with E-state index in [1.807, 2.05) is 0 Å². The van der Waals surface area contributed by atoms with E-state index in [-0.39, 0.29) is 0 Å². The highest BCUT2D eigenvalue weighted by molar-refractivity contribution is 5.23. The molecule has 0 fully saturated rings. The Morgan fingerprint density at radius 2 is 1.90 bits per heavy atom. The van der Waals surface area contributed by atoms with Gasteiger partial charge in [0, 0.05) is 12.8 Å². The number of nitrogens with zero attached hydrogens (tertiary/aromatic N) is 2. The van der Waals surface area contributed by atoms with Crippen molar-refractivity contribution in [3.05, 3.63) is 47.1 Å². The normalized spacial score (nSPS) is 12.8. The van der Waals surface area contributed by atoms with Gasteiger partial charge in [0.15, 0.2) is 5.82 Å². The Labute approximate surface area is 126 Å². The molecule has 0 aliphatic carbocycles. The Bertz CT molecular complexity index is 545. The van der Waals surface area contributed by atoms with E-state index < -0.39 is 0 Å². The van der Waals surface area contributed by atoms with Crippen LogP contribution in [0.3, 0.4) is 0 Å². The van der Waals surface area contributed by atoms with E-state index in [9.17, 15) is 0 Å². The van der Waals surface area contributed by atoms with Crippen LogP contribution in [0, 0.1) is 18.8 Å². The first-order valence-electron chi connectivity index (χ1n) is 7.64. The van der Waals surface area contributed by atoms with Crippen molar-refractivity contribution in [1.82, 2.24) is 10.1 Å². The van der Waals surface area contributed by atoms with Crippen molar-refractivity contribution >= 4 is 0 Å². The maximum Gasteiger partial charge on any atom is 0.226 e. The second-order valence-corrected chi connectivity index (χ2v) is 6.20. The van der Waals surface area contributed by atoms with E-state index in [1.165, 1.54) is 11.1 Å². The number of benzene rings is 1. The van der Waals surface area contributed by atoms with Gasteiger partial charge in [-0.05, 0) is 37.3 Å². The molecule has 1 aromatic carbocycles. The van der Waals surface area contributed by atoms with Crippen LogP contribution in [0.4, 0.5) is 0 Å². The average molecular weight is 287 g/mol. The molecule has 2 rings (SSSR count). The zero-order chi connectivity index (χ0) is 15.2. The Morgan fingerprint density at radius 1 is 1.19 bits per heavy atom. The largest absolute Gasteiger partial charge is 0.339 e. The van der Waals surface area contributed by atoms with Crippen molar-refractivity contribution < 1.29 is 4.52 Å². The summed E-state index contributed by atoms with van der Waals surface area (Å²) in [6, 6.07) is 8.41. The zero-order valence-corrected chi connectivity index (χ0v) is 13.2. The minimum absolute atomic E-state index is 0.415. The van der Waals surface area contributed by atoms with Crippen LogP contribution in [0.15, 0.2) is 28.8 Å². The van der Waals surface area contributed by atoms with Crippen molar-refractivity contribution in [2.45, 2.75) is 40.0 Å². The predicted molar refractivity (Wildman–Crippen MR) is 84.0 cm³/mol. The fourth-order valence-electron chi connectivity index (χ4n) is 2.51. The summed E-state index contributed by atoms with van der Waals surface area (Å²) in [5, 5.41) is 4.07. The molecule has 0 amide bonds. The molecule has 2 aromatic rings. The van der Waals surface area contributed by atoms with Gasteiger partial charge in [-0.15, -0.1) is 0 Å². The lowest BCUT2D eigenvalue weighted by Gasteiger charge is -2.14. The molecule has 4 nitrogen and oxygen atoms in total. The Morgan fingerprint density at radius 3 is 2.52 bits per heavy atom. The molecule has 114 valence electrons. The zero-order valence-electron chi connectivity index (χ0n) is 13.2. The molecule has 1 atom stereocenters. The topological polar surface area (TPSA) is 64.9 Å². The standard InChI is InChI=1S/C17H25N3O/c1-12(2)8-15(11-18)10-17-19-16(20-21-17)9-14-6-4-13(3)5-7-14/h4-7,12,15H,8-11,18H2,1-3H3/t15-/m0/s1. The van der Waals surface area contributed by atoms with Crippen molar-refractivity contribution in [1.29, 1.82) is 0 Å². The van der Waals surface area contributed by atoms with Crippen molar-refractivity contribution in [3.8, 4) is 0 Å². The van der Waals surface area contributed by atoms with Crippen molar-refractivity contribution in [2.24, 2.45) is 17.6 Å². The summed E-state index contributed by atoms with van der Waals surface area (Å²) in [7, 11) is 0. The molecule has 0 aliphatic rings. The van der Waals surface area contributed by atoms with Crippen LogP contribution in [0.5, 0.6) is 0 Å². The Kier molecular flexibility index (Phi) is 5.51. The van der Waals surface area contributed by atoms with E-state index >= 15 is 0 Å². The molecule has 0 radical (unpaired) electrons. The van der Waals surface area contributed by atoms with Gasteiger partial charge < -0.3 is 10.3 Å². The van der Waals surface area contributed by atoms with Crippen molar-refractivity contribution in [2.75, 3.05) is 6.54 Å². The molecular formula is C17H25N3O. The summed E-state index contributed by atoms with van der Waals surface area (Å²) in [5.41, 5.74) is 8.28. The van der Waals surface area contributed by atoms with Crippen LogP contribution in [-0.2, 0) is 12.8 Å². The molecule has 2 N–H and O–H groups in total. The van der Waals surface area contributed by atoms with Gasteiger partial charge in [-0.3, -0.25) is 0 Å². The molecule has 0 aliphatic heterocycles. The van der Waals surface area contributed by atoms with Gasteiger partial charge in [-0.25, -0.2) is 0 Å². The molecule has 1 aromatic heterocycles. The lowest BCUT2D eigenvalue weighted by atomic mass is 9.94. The summed E-state index contributed by atoms with van der Waals surface area (Å²) in [6.45, 7) is 7.16. The van der Waals surface area contributed by atoms with Gasteiger partial charge in [0.05, 0.1) is 0 Å². The molecule has 0 spiro atoms. The molecule has 0 unspecified atom stereocenters. The highest BCUT2D eigenvalue weighted by atomic mass is 16.5. The van der Waals surface area contributed by atoms with Crippen LogP contribution >= 0.6 is 0 Å². The third-order valence-electron chi connectivity index (χ3n) is 3.59. The molecule has 0 saturated carbocycles. The first-order valence-corrected chi connectivity index (χ1v) is 7.64. The highest BCUT2D eigenvalue weighted by Crippen LogP contribution is 2.16. The minimum atomic E-state index is 0.415. The summed E-state index contributed by atoms with van der Waals surface area (Å²) < 4.78 is 5.36. The SMILES string of the molecule is Cc1ccc(Cc2noc(C[C@@H](CN)CC(C)C)n2)cc1. The quantitative estimate of drug-likeness (QED) is 0.849. The lowest BCUT2D eigenvalue weighted by Crippen LogP contribution is -2.19. The smallest absolute Gasteiger partial charge is 0.226 e. The van der Waals surface area contributed by atoms with Gasteiger partial charge in [-0.1, -0.05) is 48.8 Å².